The van der Waals surface area contributed by atoms with E-state index in [1.165, 1.54) is 0 Å². The second kappa shape index (κ2) is 9.83. The van der Waals surface area contributed by atoms with E-state index in [0.29, 0.717) is 30.2 Å². The Kier molecular flexibility index (Phi) is 7.42. The number of carbonyl (C=O) groups excluding carboxylic acids is 1. The lowest BCUT2D eigenvalue weighted by atomic mass is 9.89. The Morgan fingerprint density at radius 2 is 1.64 bits per heavy atom. The third-order valence-corrected chi connectivity index (χ3v) is 7.48. The Hall–Kier alpha value is -2.54. The summed E-state index contributed by atoms with van der Waals surface area (Å²) in [6.45, 7) is 1.00. The fraction of sp³-hybridized carbons (Fsp3) is 0.545. The maximum absolute atomic E-state index is 14.6. The van der Waals surface area contributed by atoms with Crippen LogP contribution in [0.3, 0.4) is 0 Å². The SMILES string of the molecule is N#CC1C(C2(C(F)(F)F)CC2(F)F)=C(OC(N)=O)N(c2c(Cl)cc(C(F)(F)F)cc2Cl)N1CCN1CCCC1. The number of halogens is 10. The highest BCUT2D eigenvalue weighted by molar-refractivity contribution is 6.39. The molecule has 0 radical (unpaired) electrons. The number of nitrogens with zero attached hydrogens (tertiary/aromatic N) is 4. The van der Waals surface area contributed by atoms with Crippen LogP contribution in [0.25, 0.3) is 0 Å². The monoisotopic (exact) mass is 607 g/mol. The average Bonchev–Trinajstić information content (AvgIpc) is 3.11. The molecule has 17 heteroatoms. The number of likely N-dealkylation sites (tertiary alicyclic amines) is 1. The van der Waals surface area contributed by atoms with Crippen LogP contribution in [-0.4, -0.2) is 60.3 Å². The van der Waals surface area contributed by atoms with Crippen molar-refractivity contribution in [3.63, 3.8) is 0 Å². The number of hydrazine groups is 1. The van der Waals surface area contributed by atoms with Crippen molar-refractivity contribution >= 4 is 35.0 Å². The van der Waals surface area contributed by atoms with Crippen molar-refractivity contribution in [3.05, 3.63) is 39.2 Å². The molecule has 2 heterocycles. The van der Waals surface area contributed by atoms with Crippen LogP contribution in [0.4, 0.5) is 45.6 Å². The number of ether oxygens (including phenoxy) is 1. The van der Waals surface area contributed by atoms with Crippen LogP contribution in [0.15, 0.2) is 23.6 Å². The van der Waals surface area contributed by atoms with Gasteiger partial charge in [-0.1, -0.05) is 23.2 Å². The van der Waals surface area contributed by atoms with Crippen LogP contribution in [0.2, 0.25) is 10.0 Å². The molecule has 2 aliphatic heterocycles. The van der Waals surface area contributed by atoms with Gasteiger partial charge in [0.15, 0.2) is 5.41 Å². The van der Waals surface area contributed by atoms with E-state index < -0.39 is 75.0 Å². The number of alkyl halides is 8. The zero-order valence-corrected chi connectivity index (χ0v) is 21.2. The number of amides is 1. The quantitative estimate of drug-likeness (QED) is 0.403. The van der Waals surface area contributed by atoms with Crippen molar-refractivity contribution in [2.45, 2.75) is 43.6 Å². The number of benzene rings is 1. The predicted octanol–water partition coefficient (Wildman–Crippen LogP) is 5.93. The van der Waals surface area contributed by atoms with E-state index in [-0.39, 0.29) is 13.1 Å². The molecule has 39 heavy (non-hydrogen) atoms. The molecule has 4 rings (SSSR count). The van der Waals surface area contributed by atoms with Gasteiger partial charge in [0.1, 0.15) is 6.04 Å². The molecular weight excluding hydrogens is 589 g/mol. The second-order valence-corrected chi connectivity index (χ2v) is 10.1. The second-order valence-electron chi connectivity index (χ2n) is 9.27. The molecule has 0 spiro atoms. The Balaban J connectivity index is 1.97. The predicted molar refractivity (Wildman–Crippen MR) is 121 cm³/mol. The molecule has 1 saturated carbocycles. The van der Waals surface area contributed by atoms with Gasteiger partial charge in [-0.2, -0.15) is 36.6 Å². The number of hydrogen-bond donors (Lipinski definition) is 1. The normalized spacial score (nSPS) is 25.8. The first-order valence-corrected chi connectivity index (χ1v) is 12.1. The molecule has 2 unspecified atom stereocenters. The van der Waals surface area contributed by atoms with Gasteiger partial charge in [0, 0.05) is 25.1 Å². The summed E-state index contributed by atoms with van der Waals surface area (Å²) in [4.78, 5) is 13.7. The van der Waals surface area contributed by atoms with Crippen molar-refractivity contribution in [1.82, 2.24) is 9.91 Å². The number of rotatable bonds is 6. The molecule has 1 aliphatic carbocycles. The van der Waals surface area contributed by atoms with Crippen molar-refractivity contribution in [2.24, 2.45) is 11.1 Å². The lowest BCUT2D eigenvalue weighted by Crippen LogP contribution is -2.48. The maximum Gasteiger partial charge on any atom is 0.416 e. The summed E-state index contributed by atoms with van der Waals surface area (Å²) in [7, 11) is 0. The molecule has 1 amide bonds. The molecule has 2 N–H and O–H groups in total. The van der Waals surface area contributed by atoms with Gasteiger partial charge in [0.2, 0.25) is 5.88 Å². The van der Waals surface area contributed by atoms with Crippen LogP contribution in [0.5, 0.6) is 0 Å². The molecule has 0 bridgehead atoms. The van der Waals surface area contributed by atoms with Gasteiger partial charge < -0.3 is 15.4 Å². The van der Waals surface area contributed by atoms with E-state index in [0.717, 1.165) is 17.9 Å². The van der Waals surface area contributed by atoms with Gasteiger partial charge in [-0.25, -0.2) is 18.6 Å². The number of hydrogen-bond acceptors (Lipinski definition) is 6. The van der Waals surface area contributed by atoms with Gasteiger partial charge in [0.25, 0.3) is 5.92 Å². The lowest BCUT2D eigenvalue weighted by molar-refractivity contribution is -0.200. The highest BCUT2D eigenvalue weighted by Crippen LogP contribution is 2.74. The zero-order chi connectivity index (χ0) is 29.1. The maximum atomic E-state index is 14.6. The molecule has 1 saturated heterocycles. The molecular formula is C22H19Cl2F8N5O2. The third kappa shape index (κ3) is 4.96. The lowest BCUT2D eigenvalue weighted by Gasteiger charge is -2.35. The fourth-order valence-corrected chi connectivity index (χ4v) is 5.68. The van der Waals surface area contributed by atoms with Crippen molar-refractivity contribution in [1.29, 1.82) is 5.26 Å². The molecule has 0 aromatic heterocycles. The van der Waals surface area contributed by atoms with Crippen LogP contribution >= 0.6 is 23.2 Å². The van der Waals surface area contributed by atoms with Gasteiger partial charge >= 0.3 is 18.4 Å². The van der Waals surface area contributed by atoms with Gasteiger partial charge in [-0.3, -0.25) is 0 Å². The summed E-state index contributed by atoms with van der Waals surface area (Å²) >= 11 is 12.2. The minimum Gasteiger partial charge on any atom is -0.392 e. The summed E-state index contributed by atoms with van der Waals surface area (Å²) in [5.74, 6) is -5.62. The summed E-state index contributed by atoms with van der Waals surface area (Å²) < 4.78 is 117. The number of carbonyl (C=O) groups is 1. The van der Waals surface area contributed by atoms with E-state index in [4.69, 9.17) is 33.7 Å². The van der Waals surface area contributed by atoms with Crippen LogP contribution in [0, 0.1) is 16.7 Å². The van der Waals surface area contributed by atoms with Crippen molar-refractivity contribution in [3.8, 4) is 6.07 Å². The minimum absolute atomic E-state index is 0.108. The molecule has 1 aromatic carbocycles. The Morgan fingerprint density at radius 3 is 2.05 bits per heavy atom. The van der Waals surface area contributed by atoms with E-state index in [2.05, 4.69) is 0 Å². The smallest absolute Gasteiger partial charge is 0.392 e. The topological polar surface area (TPSA) is 85.8 Å². The van der Waals surface area contributed by atoms with Crippen LogP contribution in [-0.2, 0) is 10.9 Å². The van der Waals surface area contributed by atoms with Gasteiger partial charge in [-0.15, -0.1) is 0 Å². The zero-order valence-electron chi connectivity index (χ0n) is 19.6. The Labute approximate surface area is 226 Å². The van der Waals surface area contributed by atoms with E-state index in [1.54, 1.807) is 6.07 Å². The summed E-state index contributed by atoms with van der Waals surface area (Å²) in [5.41, 5.74) is -2.12. The van der Waals surface area contributed by atoms with Crippen LogP contribution < -0.4 is 10.7 Å². The number of nitrogens with two attached hydrogens (primary N) is 1. The standard InChI is InChI=1S/C22H19Cl2F8N5O2/c23-12-7-11(21(27,28)29)8-13(24)16(12)37-17(39-18(34)38)15(19(22(30,31)32)10-20(19,25)26)14(9-33)36(37)6-5-35-3-1-2-4-35/h7-8,14H,1-6,10H2,(H2,34,38). The Bertz CT molecular complexity index is 1220. The first kappa shape index (κ1) is 29.4. The number of primary amides is 1. The largest absolute Gasteiger partial charge is 0.416 e. The number of anilines is 1. The van der Waals surface area contributed by atoms with E-state index in [9.17, 15) is 45.2 Å². The summed E-state index contributed by atoms with van der Waals surface area (Å²) in [6, 6.07) is 0.265. The highest BCUT2D eigenvalue weighted by atomic mass is 35.5. The van der Waals surface area contributed by atoms with E-state index >= 15 is 0 Å². The van der Waals surface area contributed by atoms with E-state index in [1.807, 2.05) is 4.90 Å². The summed E-state index contributed by atoms with van der Waals surface area (Å²) in [6.07, 6.45) is -12.4. The molecule has 2 fully saturated rings. The number of nitriles is 1. The van der Waals surface area contributed by atoms with Crippen molar-refractivity contribution in [2.75, 3.05) is 31.2 Å². The Morgan fingerprint density at radius 1 is 1.10 bits per heavy atom. The first-order valence-electron chi connectivity index (χ1n) is 11.4. The molecule has 1 aromatic rings. The van der Waals surface area contributed by atoms with Gasteiger partial charge in [-0.05, 0) is 38.1 Å². The third-order valence-electron chi connectivity index (χ3n) is 6.90. The van der Waals surface area contributed by atoms with Crippen LogP contribution in [0.1, 0.15) is 24.8 Å². The highest BCUT2D eigenvalue weighted by Gasteiger charge is 2.87. The fourth-order valence-electron chi connectivity index (χ4n) is 5.03. The summed E-state index contributed by atoms with van der Waals surface area (Å²) in [5, 5.41) is 9.85. The average molecular weight is 608 g/mol. The van der Waals surface area contributed by atoms with Crippen molar-refractivity contribution < 1.29 is 44.7 Å². The molecule has 7 nitrogen and oxygen atoms in total. The molecule has 214 valence electrons. The van der Waals surface area contributed by atoms with Gasteiger partial charge in [0.05, 0.1) is 27.4 Å². The first-order chi connectivity index (χ1) is 18.0. The minimum atomic E-state index is -5.63. The molecule has 3 aliphatic rings. The molecule has 2 atom stereocenters.